The molecule has 0 aromatic carbocycles. The van der Waals surface area contributed by atoms with E-state index >= 15 is 0 Å². The summed E-state index contributed by atoms with van der Waals surface area (Å²) in [4.78, 5) is 17.2. The summed E-state index contributed by atoms with van der Waals surface area (Å²) in [6, 6.07) is 6.07. The fraction of sp³-hybridized carbons (Fsp3) is 0.500. The normalized spacial score (nSPS) is 14.7. The highest BCUT2D eigenvalue weighted by molar-refractivity contribution is 5.51. The number of hydrogen-bond acceptors (Lipinski definition) is 8. The topological polar surface area (TPSA) is 64.5 Å². The molecule has 0 bridgehead atoms. The fourth-order valence-electron chi connectivity index (χ4n) is 2.64. The Hall–Kier alpha value is -2.64. The van der Waals surface area contributed by atoms with E-state index in [1.165, 1.54) is 0 Å². The summed E-state index contributed by atoms with van der Waals surface area (Å²) in [6.45, 7) is 3.61. The van der Waals surface area contributed by atoms with Crippen LogP contribution in [0.5, 0.6) is 0 Å². The van der Waals surface area contributed by atoms with E-state index in [1.54, 1.807) is 6.33 Å². The van der Waals surface area contributed by atoms with Gasteiger partial charge in [0.15, 0.2) is 11.6 Å². The number of piperazine rings is 1. The molecule has 0 saturated carbocycles. The van der Waals surface area contributed by atoms with E-state index in [-0.39, 0.29) is 0 Å². The summed E-state index contributed by atoms with van der Waals surface area (Å²) in [6.07, 6.45) is 1.63. The summed E-state index contributed by atoms with van der Waals surface area (Å²) in [5, 5.41) is 8.60. The molecule has 8 heteroatoms. The monoisotopic (exact) mass is 328 g/mol. The van der Waals surface area contributed by atoms with Crippen LogP contribution in [0.25, 0.3) is 0 Å². The van der Waals surface area contributed by atoms with Crippen molar-refractivity contribution >= 4 is 23.3 Å². The second-order valence-electron chi connectivity index (χ2n) is 6.25. The van der Waals surface area contributed by atoms with Gasteiger partial charge in [-0.15, -0.1) is 10.2 Å². The minimum absolute atomic E-state index is 0.870. The van der Waals surface area contributed by atoms with Gasteiger partial charge in [-0.2, -0.15) is 0 Å². The second-order valence-corrected chi connectivity index (χ2v) is 6.25. The van der Waals surface area contributed by atoms with Gasteiger partial charge in [-0.3, -0.25) is 0 Å². The molecular formula is C16H24N8. The minimum Gasteiger partial charge on any atom is -0.363 e. The van der Waals surface area contributed by atoms with Crippen molar-refractivity contribution in [2.24, 2.45) is 0 Å². The maximum absolute atomic E-state index is 4.41. The molecule has 128 valence electrons. The van der Waals surface area contributed by atoms with Gasteiger partial charge >= 0.3 is 0 Å². The molecule has 1 saturated heterocycles. The Bertz CT molecular complexity index is 662. The van der Waals surface area contributed by atoms with Crippen molar-refractivity contribution in [1.82, 2.24) is 20.2 Å². The molecule has 24 heavy (non-hydrogen) atoms. The van der Waals surface area contributed by atoms with Gasteiger partial charge in [-0.25, -0.2) is 9.97 Å². The summed E-state index contributed by atoms with van der Waals surface area (Å²) in [5.74, 6) is 3.70. The lowest BCUT2D eigenvalue weighted by atomic mass is 10.3. The molecule has 2 aromatic heterocycles. The Labute approximate surface area is 142 Å². The Morgan fingerprint density at radius 1 is 0.750 bits per heavy atom. The van der Waals surface area contributed by atoms with Gasteiger partial charge in [0.05, 0.1) is 0 Å². The van der Waals surface area contributed by atoms with Crippen molar-refractivity contribution in [2.45, 2.75) is 0 Å². The molecule has 0 amide bonds. The molecule has 3 rings (SSSR count). The van der Waals surface area contributed by atoms with Gasteiger partial charge in [0.1, 0.15) is 18.0 Å². The number of nitrogens with zero attached hydrogens (tertiary/aromatic N) is 8. The Kier molecular flexibility index (Phi) is 4.64. The fourth-order valence-corrected chi connectivity index (χ4v) is 2.64. The molecule has 0 unspecified atom stereocenters. The van der Waals surface area contributed by atoms with E-state index in [4.69, 9.17) is 0 Å². The molecule has 0 atom stereocenters. The lowest BCUT2D eigenvalue weighted by Crippen LogP contribution is -2.47. The predicted octanol–water partition coefficient (Wildman–Crippen LogP) is 0.725. The van der Waals surface area contributed by atoms with Crippen LogP contribution in [0, 0.1) is 0 Å². The number of anilines is 4. The maximum atomic E-state index is 4.41. The van der Waals surface area contributed by atoms with Crippen LogP contribution in [-0.4, -0.2) is 74.5 Å². The van der Waals surface area contributed by atoms with E-state index in [9.17, 15) is 0 Å². The van der Waals surface area contributed by atoms with Crippen LogP contribution >= 0.6 is 0 Å². The third-order valence-electron chi connectivity index (χ3n) is 4.12. The Morgan fingerprint density at radius 3 is 1.92 bits per heavy atom. The predicted molar refractivity (Wildman–Crippen MR) is 97.1 cm³/mol. The molecule has 1 fully saturated rings. The van der Waals surface area contributed by atoms with Gasteiger partial charge in [-0.1, -0.05) is 0 Å². The van der Waals surface area contributed by atoms with Crippen molar-refractivity contribution in [3.63, 3.8) is 0 Å². The highest BCUT2D eigenvalue weighted by Gasteiger charge is 2.20. The molecule has 1 aliphatic heterocycles. The van der Waals surface area contributed by atoms with Crippen LogP contribution in [0.15, 0.2) is 24.5 Å². The SMILES string of the molecule is CN(C)c1cc(N2CCN(c3ccc(N(C)C)nn3)CC2)ncn1. The Morgan fingerprint density at radius 2 is 1.38 bits per heavy atom. The largest absolute Gasteiger partial charge is 0.363 e. The maximum Gasteiger partial charge on any atom is 0.151 e. The standard InChI is InChI=1S/C16H24N8/c1-21(2)13-5-6-14(20-19-13)23-7-9-24(10-8-23)16-11-15(22(3)4)17-12-18-16/h5-6,11-12H,7-10H2,1-4H3. The zero-order valence-corrected chi connectivity index (χ0v) is 14.7. The molecule has 2 aromatic rings. The third kappa shape index (κ3) is 3.47. The summed E-state index contributed by atoms with van der Waals surface area (Å²) < 4.78 is 0. The molecular weight excluding hydrogens is 304 g/mol. The smallest absolute Gasteiger partial charge is 0.151 e. The van der Waals surface area contributed by atoms with Gasteiger partial charge in [0, 0.05) is 60.4 Å². The van der Waals surface area contributed by atoms with Gasteiger partial charge in [-0.05, 0) is 12.1 Å². The highest BCUT2D eigenvalue weighted by atomic mass is 15.3. The zero-order valence-electron chi connectivity index (χ0n) is 14.7. The molecule has 0 spiro atoms. The van der Waals surface area contributed by atoms with Crippen LogP contribution < -0.4 is 19.6 Å². The lowest BCUT2D eigenvalue weighted by Gasteiger charge is -2.36. The first kappa shape index (κ1) is 16.2. The van der Waals surface area contributed by atoms with Crippen molar-refractivity contribution < 1.29 is 0 Å². The van der Waals surface area contributed by atoms with Crippen LogP contribution in [0.2, 0.25) is 0 Å². The number of rotatable bonds is 4. The number of aromatic nitrogens is 4. The first-order chi connectivity index (χ1) is 11.5. The van der Waals surface area contributed by atoms with E-state index in [0.717, 1.165) is 49.5 Å². The first-order valence-corrected chi connectivity index (χ1v) is 8.05. The van der Waals surface area contributed by atoms with E-state index in [1.807, 2.05) is 56.2 Å². The molecule has 1 aliphatic rings. The lowest BCUT2D eigenvalue weighted by molar-refractivity contribution is 0.637. The van der Waals surface area contributed by atoms with Gasteiger partial charge < -0.3 is 19.6 Å². The molecule has 8 nitrogen and oxygen atoms in total. The Balaban J connectivity index is 1.64. The van der Waals surface area contributed by atoms with Crippen LogP contribution in [0.4, 0.5) is 23.3 Å². The first-order valence-electron chi connectivity index (χ1n) is 8.05. The quantitative estimate of drug-likeness (QED) is 0.814. The van der Waals surface area contributed by atoms with E-state index < -0.39 is 0 Å². The van der Waals surface area contributed by atoms with E-state index in [0.29, 0.717) is 0 Å². The summed E-state index contributed by atoms with van der Waals surface area (Å²) in [5.41, 5.74) is 0. The minimum atomic E-state index is 0.870. The van der Waals surface area contributed by atoms with E-state index in [2.05, 4.69) is 30.0 Å². The molecule has 0 aliphatic carbocycles. The average molecular weight is 328 g/mol. The van der Waals surface area contributed by atoms with Gasteiger partial charge in [0.2, 0.25) is 0 Å². The highest BCUT2D eigenvalue weighted by Crippen LogP contribution is 2.20. The van der Waals surface area contributed by atoms with Crippen LogP contribution in [-0.2, 0) is 0 Å². The second kappa shape index (κ2) is 6.86. The molecule has 0 N–H and O–H groups in total. The van der Waals surface area contributed by atoms with Crippen molar-refractivity contribution in [3.8, 4) is 0 Å². The molecule has 3 heterocycles. The molecule has 0 radical (unpaired) electrons. The number of hydrogen-bond donors (Lipinski definition) is 0. The average Bonchev–Trinajstić information content (AvgIpc) is 2.62. The van der Waals surface area contributed by atoms with Crippen LogP contribution in [0.3, 0.4) is 0 Å². The van der Waals surface area contributed by atoms with Crippen molar-refractivity contribution in [1.29, 1.82) is 0 Å². The summed E-state index contributed by atoms with van der Waals surface area (Å²) in [7, 11) is 7.90. The van der Waals surface area contributed by atoms with Crippen molar-refractivity contribution in [2.75, 3.05) is 74.0 Å². The van der Waals surface area contributed by atoms with Crippen LogP contribution in [0.1, 0.15) is 0 Å². The zero-order chi connectivity index (χ0) is 17.1. The summed E-state index contributed by atoms with van der Waals surface area (Å²) >= 11 is 0. The van der Waals surface area contributed by atoms with Crippen molar-refractivity contribution in [3.05, 3.63) is 24.5 Å². The van der Waals surface area contributed by atoms with Gasteiger partial charge in [0.25, 0.3) is 0 Å². The third-order valence-corrected chi connectivity index (χ3v) is 4.12.